The number of nitriles is 1. The topological polar surface area (TPSA) is 130 Å². The van der Waals surface area contributed by atoms with E-state index in [-0.39, 0.29) is 34.4 Å². The summed E-state index contributed by atoms with van der Waals surface area (Å²) in [4.78, 5) is 15.1. The van der Waals surface area contributed by atoms with E-state index in [9.17, 15) is 10.1 Å². The van der Waals surface area contributed by atoms with Crippen molar-refractivity contribution in [3.05, 3.63) is 80.1 Å². The quantitative estimate of drug-likeness (QED) is 0.292. The van der Waals surface area contributed by atoms with Gasteiger partial charge in [0, 0.05) is 28.7 Å². The van der Waals surface area contributed by atoms with E-state index in [0.29, 0.717) is 21.9 Å². The SMILES string of the molecule is N#Cc1cc(Cl)cc(Oc2cc(NCc3[nH]nc4ncccc34)c([N+](=O)[O-])cc2Cl)c1. The summed E-state index contributed by atoms with van der Waals surface area (Å²) in [5.74, 6) is 0.438. The van der Waals surface area contributed by atoms with Crippen LogP contribution in [0.15, 0.2) is 48.7 Å². The van der Waals surface area contributed by atoms with Crippen LogP contribution in [0.2, 0.25) is 10.0 Å². The molecule has 0 spiro atoms. The maximum atomic E-state index is 11.5. The third-order valence-corrected chi connectivity index (χ3v) is 4.85. The van der Waals surface area contributed by atoms with Gasteiger partial charge in [-0.2, -0.15) is 10.4 Å². The Morgan fingerprint density at radius 2 is 2.10 bits per heavy atom. The van der Waals surface area contributed by atoms with E-state index < -0.39 is 4.92 Å². The van der Waals surface area contributed by atoms with Crippen LogP contribution in [0.5, 0.6) is 11.5 Å². The van der Waals surface area contributed by atoms with Crippen molar-refractivity contribution in [1.29, 1.82) is 5.26 Å². The average molecular weight is 455 g/mol. The molecule has 0 aliphatic heterocycles. The van der Waals surface area contributed by atoms with Crippen LogP contribution >= 0.6 is 23.2 Å². The van der Waals surface area contributed by atoms with Gasteiger partial charge in [-0.1, -0.05) is 23.2 Å². The maximum absolute atomic E-state index is 11.5. The highest BCUT2D eigenvalue weighted by Crippen LogP contribution is 2.39. The lowest BCUT2D eigenvalue weighted by molar-refractivity contribution is -0.384. The predicted molar refractivity (Wildman–Crippen MR) is 116 cm³/mol. The molecule has 0 fully saturated rings. The van der Waals surface area contributed by atoms with Crippen molar-refractivity contribution < 1.29 is 9.66 Å². The molecule has 154 valence electrons. The number of hydrogen-bond acceptors (Lipinski definition) is 7. The number of aromatic amines is 1. The highest BCUT2D eigenvalue weighted by molar-refractivity contribution is 6.32. The molecule has 9 nitrogen and oxygen atoms in total. The number of nitro groups is 1. The molecule has 31 heavy (non-hydrogen) atoms. The summed E-state index contributed by atoms with van der Waals surface area (Å²) in [5.41, 5.74) is 1.53. The highest BCUT2D eigenvalue weighted by atomic mass is 35.5. The van der Waals surface area contributed by atoms with Crippen molar-refractivity contribution in [3.63, 3.8) is 0 Å². The lowest BCUT2D eigenvalue weighted by Crippen LogP contribution is -2.04. The second kappa shape index (κ2) is 8.47. The Bertz CT molecular complexity index is 1350. The number of fused-ring (bicyclic) bond motifs is 1. The Morgan fingerprint density at radius 1 is 1.26 bits per heavy atom. The Balaban J connectivity index is 1.66. The summed E-state index contributed by atoms with van der Waals surface area (Å²) in [6.07, 6.45) is 1.63. The molecule has 0 unspecified atom stereocenters. The molecular weight excluding hydrogens is 443 g/mol. The van der Waals surface area contributed by atoms with E-state index in [1.165, 1.54) is 30.3 Å². The van der Waals surface area contributed by atoms with Gasteiger partial charge in [0.2, 0.25) is 0 Å². The number of nitrogens with one attached hydrogen (secondary N) is 2. The summed E-state index contributed by atoms with van der Waals surface area (Å²) >= 11 is 12.2. The Labute approximate surface area is 185 Å². The zero-order chi connectivity index (χ0) is 22.0. The molecule has 0 saturated heterocycles. The molecule has 2 aromatic carbocycles. The van der Waals surface area contributed by atoms with E-state index in [1.54, 1.807) is 12.3 Å². The molecule has 0 amide bonds. The molecule has 0 aliphatic rings. The van der Waals surface area contributed by atoms with Gasteiger partial charge in [0.15, 0.2) is 5.65 Å². The van der Waals surface area contributed by atoms with E-state index in [0.717, 1.165) is 5.39 Å². The number of anilines is 1. The van der Waals surface area contributed by atoms with Crippen molar-refractivity contribution in [2.45, 2.75) is 6.54 Å². The minimum Gasteiger partial charge on any atom is -0.456 e. The number of ether oxygens (including phenoxy) is 1. The van der Waals surface area contributed by atoms with Crippen LogP contribution < -0.4 is 10.1 Å². The largest absolute Gasteiger partial charge is 0.456 e. The summed E-state index contributed by atoms with van der Waals surface area (Å²) in [6, 6.07) is 12.7. The van der Waals surface area contributed by atoms with Crippen LogP contribution in [-0.4, -0.2) is 20.1 Å². The Kier molecular flexibility index (Phi) is 5.58. The normalized spacial score (nSPS) is 10.6. The lowest BCUT2D eigenvalue weighted by atomic mass is 10.2. The number of rotatable bonds is 6. The first-order valence-corrected chi connectivity index (χ1v) is 9.58. The molecule has 0 aliphatic carbocycles. The Morgan fingerprint density at radius 3 is 2.87 bits per heavy atom. The van der Waals surface area contributed by atoms with E-state index in [2.05, 4.69) is 20.5 Å². The molecule has 0 bridgehead atoms. The van der Waals surface area contributed by atoms with Crippen molar-refractivity contribution in [3.8, 4) is 17.6 Å². The fourth-order valence-electron chi connectivity index (χ4n) is 2.95. The number of H-pyrrole nitrogens is 1. The first kappa shape index (κ1) is 20.4. The van der Waals surface area contributed by atoms with Crippen LogP contribution in [0.1, 0.15) is 11.3 Å². The highest BCUT2D eigenvalue weighted by Gasteiger charge is 2.20. The van der Waals surface area contributed by atoms with Gasteiger partial charge in [-0.05, 0) is 30.3 Å². The van der Waals surface area contributed by atoms with Gasteiger partial charge >= 0.3 is 0 Å². The van der Waals surface area contributed by atoms with E-state index >= 15 is 0 Å². The van der Waals surface area contributed by atoms with Crippen molar-refractivity contribution in [2.75, 3.05) is 5.32 Å². The standard InChI is InChI=1S/C20H12Cl2N6O3/c21-12-4-11(9-23)5-13(6-12)31-19-8-16(18(28(29)30)7-15(19)22)25-10-17-14-2-1-3-24-20(14)27-26-17/h1-8,25H,10H2,(H,24,26,27). The number of benzene rings is 2. The van der Waals surface area contributed by atoms with Gasteiger partial charge in [0.25, 0.3) is 5.69 Å². The molecule has 0 radical (unpaired) electrons. The maximum Gasteiger partial charge on any atom is 0.294 e. The fourth-order valence-corrected chi connectivity index (χ4v) is 3.37. The summed E-state index contributed by atoms with van der Waals surface area (Å²) in [6.45, 7) is 0.222. The molecule has 4 aromatic rings. The first-order valence-electron chi connectivity index (χ1n) is 8.83. The van der Waals surface area contributed by atoms with Crippen molar-refractivity contribution in [1.82, 2.24) is 15.2 Å². The average Bonchev–Trinajstić information content (AvgIpc) is 3.16. The number of halogens is 2. The van der Waals surface area contributed by atoms with Crippen LogP contribution in [-0.2, 0) is 6.54 Å². The molecule has 2 heterocycles. The van der Waals surface area contributed by atoms with Gasteiger partial charge in [0.1, 0.15) is 17.2 Å². The van der Waals surface area contributed by atoms with Gasteiger partial charge in [-0.3, -0.25) is 15.2 Å². The second-order valence-electron chi connectivity index (χ2n) is 6.38. The number of nitrogens with zero attached hydrogens (tertiary/aromatic N) is 4. The minimum atomic E-state index is -0.544. The minimum absolute atomic E-state index is 0.0342. The number of hydrogen-bond donors (Lipinski definition) is 2. The molecule has 2 N–H and O–H groups in total. The van der Waals surface area contributed by atoms with Gasteiger partial charge in [0.05, 0.1) is 33.8 Å². The molecule has 11 heteroatoms. The van der Waals surface area contributed by atoms with Gasteiger partial charge in [-0.15, -0.1) is 0 Å². The lowest BCUT2D eigenvalue weighted by Gasteiger charge is -2.12. The van der Waals surface area contributed by atoms with Crippen LogP contribution in [0.3, 0.4) is 0 Å². The Hall–Kier alpha value is -3.87. The third-order valence-electron chi connectivity index (χ3n) is 4.34. The zero-order valence-corrected chi connectivity index (χ0v) is 17.1. The number of nitro benzene ring substituents is 1. The summed E-state index contributed by atoms with van der Waals surface area (Å²) in [5, 5.41) is 31.8. The fraction of sp³-hybridized carbons (Fsp3) is 0.0500. The molecule has 0 atom stereocenters. The number of aromatic nitrogens is 3. The van der Waals surface area contributed by atoms with Gasteiger partial charge in [-0.25, -0.2) is 4.98 Å². The molecular formula is C20H12Cl2N6O3. The van der Waals surface area contributed by atoms with Crippen LogP contribution in [0.25, 0.3) is 11.0 Å². The monoisotopic (exact) mass is 454 g/mol. The number of pyridine rings is 1. The van der Waals surface area contributed by atoms with Crippen LogP contribution in [0.4, 0.5) is 11.4 Å². The van der Waals surface area contributed by atoms with E-state index in [1.807, 2.05) is 12.1 Å². The van der Waals surface area contributed by atoms with Gasteiger partial charge < -0.3 is 10.1 Å². The smallest absolute Gasteiger partial charge is 0.294 e. The summed E-state index contributed by atoms with van der Waals surface area (Å²) in [7, 11) is 0. The van der Waals surface area contributed by atoms with E-state index in [4.69, 9.17) is 33.2 Å². The first-order chi connectivity index (χ1) is 14.9. The summed E-state index contributed by atoms with van der Waals surface area (Å²) < 4.78 is 5.75. The molecule has 0 saturated carbocycles. The predicted octanol–water partition coefficient (Wildman–Crippen LogP) is 5.45. The molecule has 4 rings (SSSR count). The molecule has 2 aromatic heterocycles. The van der Waals surface area contributed by atoms with Crippen molar-refractivity contribution >= 4 is 45.6 Å². The van der Waals surface area contributed by atoms with Crippen molar-refractivity contribution in [2.24, 2.45) is 0 Å². The zero-order valence-electron chi connectivity index (χ0n) is 15.6. The third kappa shape index (κ3) is 4.35. The van der Waals surface area contributed by atoms with Crippen LogP contribution in [0, 0.1) is 21.4 Å². The second-order valence-corrected chi connectivity index (χ2v) is 7.22.